The Labute approximate surface area is 162 Å². The maximum atomic E-state index is 11.9. The fraction of sp³-hybridized carbons (Fsp3) is 0.0870. The van der Waals surface area contributed by atoms with E-state index >= 15 is 0 Å². The third-order valence-electron chi connectivity index (χ3n) is 4.50. The topological polar surface area (TPSA) is 61.3 Å². The van der Waals surface area contributed by atoms with Crippen molar-refractivity contribution < 1.29 is 14.3 Å². The Morgan fingerprint density at radius 3 is 2.04 bits per heavy atom. The lowest BCUT2D eigenvalue weighted by Crippen LogP contribution is -2.02. The van der Waals surface area contributed by atoms with Crippen molar-refractivity contribution in [3.8, 4) is 28.3 Å². The molecule has 0 saturated carbocycles. The number of methoxy groups -OCH3 is 2. The van der Waals surface area contributed by atoms with Gasteiger partial charge in [0, 0.05) is 11.1 Å². The summed E-state index contributed by atoms with van der Waals surface area (Å²) in [5.41, 5.74) is 5.19. The molecule has 0 amide bonds. The first-order valence-corrected chi connectivity index (χ1v) is 8.79. The molecule has 0 aliphatic carbocycles. The average Bonchev–Trinajstić information content (AvgIpc) is 2.78. The number of benzene rings is 3. The van der Waals surface area contributed by atoms with Gasteiger partial charge >= 0.3 is 5.97 Å². The van der Waals surface area contributed by atoms with E-state index in [1.54, 1.807) is 25.3 Å². The predicted molar refractivity (Wildman–Crippen MR) is 108 cm³/mol. The van der Waals surface area contributed by atoms with Crippen molar-refractivity contribution in [3.05, 3.63) is 78.4 Å². The smallest absolute Gasteiger partial charge is 0.337 e. The Balaban J connectivity index is 1.95. The lowest BCUT2D eigenvalue weighted by molar-refractivity contribution is 0.0601. The zero-order valence-corrected chi connectivity index (χ0v) is 15.5. The molecule has 3 aromatic carbocycles. The van der Waals surface area contributed by atoms with E-state index in [4.69, 9.17) is 19.4 Å². The van der Waals surface area contributed by atoms with Crippen LogP contribution in [0.4, 0.5) is 0 Å². The van der Waals surface area contributed by atoms with Crippen LogP contribution in [-0.4, -0.2) is 30.2 Å². The Morgan fingerprint density at radius 2 is 1.39 bits per heavy atom. The molecular formula is C23H18N2O3. The van der Waals surface area contributed by atoms with Crippen molar-refractivity contribution in [2.45, 2.75) is 0 Å². The van der Waals surface area contributed by atoms with Gasteiger partial charge in [0.05, 0.1) is 42.2 Å². The summed E-state index contributed by atoms with van der Waals surface area (Å²) in [6.45, 7) is 0. The molecule has 0 fully saturated rings. The van der Waals surface area contributed by atoms with Crippen LogP contribution < -0.4 is 4.74 Å². The van der Waals surface area contributed by atoms with Crippen molar-refractivity contribution >= 4 is 17.0 Å². The van der Waals surface area contributed by atoms with E-state index in [1.807, 2.05) is 54.6 Å². The minimum Gasteiger partial charge on any atom is -0.497 e. The summed E-state index contributed by atoms with van der Waals surface area (Å²) in [5, 5.41) is 0. The first-order chi connectivity index (χ1) is 13.7. The maximum Gasteiger partial charge on any atom is 0.337 e. The van der Waals surface area contributed by atoms with Crippen molar-refractivity contribution in [1.82, 2.24) is 9.97 Å². The van der Waals surface area contributed by atoms with Crippen LogP contribution in [0.2, 0.25) is 0 Å². The highest BCUT2D eigenvalue weighted by molar-refractivity contribution is 5.95. The van der Waals surface area contributed by atoms with Gasteiger partial charge in [-0.25, -0.2) is 14.8 Å². The summed E-state index contributed by atoms with van der Waals surface area (Å²) in [6, 6.07) is 22.8. The molecule has 5 heteroatoms. The van der Waals surface area contributed by atoms with E-state index in [0.29, 0.717) is 16.6 Å². The van der Waals surface area contributed by atoms with Gasteiger partial charge in [-0.3, -0.25) is 0 Å². The normalized spacial score (nSPS) is 10.6. The number of rotatable bonds is 4. The molecule has 0 N–H and O–H groups in total. The van der Waals surface area contributed by atoms with E-state index in [2.05, 4.69) is 0 Å². The first-order valence-electron chi connectivity index (χ1n) is 8.79. The molecule has 1 heterocycles. The van der Waals surface area contributed by atoms with Crippen molar-refractivity contribution in [1.29, 1.82) is 0 Å². The third kappa shape index (κ3) is 3.30. The third-order valence-corrected chi connectivity index (χ3v) is 4.50. The fourth-order valence-corrected chi connectivity index (χ4v) is 3.05. The summed E-state index contributed by atoms with van der Waals surface area (Å²) >= 11 is 0. The van der Waals surface area contributed by atoms with E-state index in [9.17, 15) is 4.79 Å². The number of ether oxygens (including phenoxy) is 2. The molecule has 1 aromatic heterocycles. The number of carbonyl (C=O) groups excluding carboxylic acids is 1. The Kier molecular flexibility index (Phi) is 4.72. The summed E-state index contributed by atoms with van der Waals surface area (Å²) < 4.78 is 10.1. The second-order valence-corrected chi connectivity index (χ2v) is 6.21. The number of nitrogens with zero attached hydrogens (tertiary/aromatic N) is 2. The standard InChI is InChI=1S/C23H18N2O3/c1-27-18-11-8-16(9-12-18)22-21(15-6-4-3-5-7-15)24-19-13-10-17(23(26)28-2)14-20(19)25-22/h3-14H,1-2H3. The molecule has 5 nitrogen and oxygen atoms in total. The van der Waals surface area contributed by atoms with Crippen LogP contribution in [0.15, 0.2) is 72.8 Å². The second kappa shape index (κ2) is 7.48. The molecule has 4 rings (SSSR count). The molecule has 4 aromatic rings. The molecule has 0 bridgehead atoms. The second-order valence-electron chi connectivity index (χ2n) is 6.21. The Bertz CT molecular complexity index is 1140. The molecule has 0 spiro atoms. The predicted octanol–water partition coefficient (Wildman–Crippen LogP) is 4.76. The molecule has 0 aliphatic heterocycles. The van der Waals surface area contributed by atoms with Gasteiger partial charge in [0.1, 0.15) is 5.75 Å². The van der Waals surface area contributed by atoms with Gasteiger partial charge in [-0.1, -0.05) is 30.3 Å². The van der Waals surface area contributed by atoms with Crippen LogP contribution in [0.5, 0.6) is 5.75 Å². The molecule has 0 radical (unpaired) electrons. The number of aromatic nitrogens is 2. The SMILES string of the molecule is COC(=O)c1ccc2nc(-c3ccccc3)c(-c3ccc(OC)cc3)nc2c1. The summed E-state index contributed by atoms with van der Waals surface area (Å²) in [7, 11) is 2.99. The van der Waals surface area contributed by atoms with Crippen LogP contribution in [0.3, 0.4) is 0 Å². The molecule has 138 valence electrons. The zero-order valence-electron chi connectivity index (χ0n) is 15.5. The average molecular weight is 370 g/mol. The summed E-state index contributed by atoms with van der Waals surface area (Å²) in [5.74, 6) is 0.369. The van der Waals surface area contributed by atoms with Gasteiger partial charge in [0.25, 0.3) is 0 Å². The van der Waals surface area contributed by atoms with E-state index in [-0.39, 0.29) is 0 Å². The molecule has 0 saturated heterocycles. The van der Waals surface area contributed by atoms with Gasteiger partial charge in [-0.15, -0.1) is 0 Å². The van der Waals surface area contributed by atoms with Crippen LogP contribution in [0.25, 0.3) is 33.5 Å². The minimum atomic E-state index is -0.401. The number of carbonyl (C=O) groups is 1. The molecule has 28 heavy (non-hydrogen) atoms. The maximum absolute atomic E-state index is 11.9. The van der Waals surface area contributed by atoms with Crippen LogP contribution in [0, 0.1) is 0 Å². The highest BCUT2D eigenvalue weighted by Gasteiger charge is 2.15. The number of hydrogen-bond donors (Lipinski definition) is 0. The first kappa shape index (κ1) is 17.7. The minimum absolute atomic E-state index is 0.401. The van der Waals surface area contributed by atoms with Gasteiger partial charge in [0.2, 0.25) is 0 Å². The summed E-state index contributed by atoms with van der Waals surface area (Å²) in [4.78, 5) is 21.6. The molecular weight excluding hydrogens is 352 g/mol. The molecule has 0 aliphatic rings. The monoisotopic (exact) mass is 370 g/mol. The Hall–Kier alpha value is -3.73. The van der Waals surface area contributed by atoms with Crippen molar-refractivity contribution in [3.63, 3.8) is 0 Å². The van der Waals surface area contributed by atoms with E-state index < -0.39 is 5.97 Å². The van der Waals surface area contributed by atoms with Crippen LogP contribution in [-0.2, 0) is 4.74 Å². The van der Waals surface area contributed by atoms with Gasteiger partial charge in [-0.05, 0) is 42.5 Å². The molecule has 0 unspecified atom stereocenters. The summed E-state index contributed by atoms with van der Waals surface area (Å²) in [6.07, 6.45) is 0. The van der Waals surface area contributed by atoms with Gasteiger partial charge in [-0.2, -0.15) is 0 Å². The number of fused-ring (bicyclic) bond motifs is 1. The largest absolute Gasteiger partial charge is 0.497 e. The highest BCUT2D eigenvalue weighted by atomic mass is 16.5. The van der Waals surface area contributed by atoms with Crippen molar-refractivity contribution in [2.24, 2.45) is 0 Å². The lowest BCUT2D eigenvalue weighted by Gasteiger charge is -2.11. The highest BCUT2D eigenvalue weighted by Crippen LogP contribution is 2.32. The van der Waals surface area contributed by atoms with E-state index in [0.717, 1.165) is 28.3 Å². The zero-order chi connectivity index (χ0) is 19.5. The Morgan fingerprint density at radius 1 is 0.750 bits per heavy atom. The van der Waals surface area contributed by atoms with Gasteiger partial charge < -0.3 is 9.47 Å². The van der Waals surface area contributed by atoms with Crippen LogP contribution in [0.1, 0.15) is 10.4 Å². The lowest BCUT2D eigenvalue weighted by atomic mass is 10.0. The molecule has 0 atom stereocenters. The number of esters is 1. The fourth-order valence-electron chi connectivity index (χ4n) is 3.05. The number of hydrogen-bond acceptors (Lipinski definition) is 5. The van der Waals surface area contributed by atoms with Crippen molar-refractivity contribution in [2.75, 3.05) is 14.2 Å². The quantitative estimate of drug-likeness (QED) is 0.485. The van der Waals surface area contributed by atoms with Gasteiger partial charge in [0.15, 0.2) is 0 Å². The van der Waals surface area contributed by atoms with Crippen LogP contribution >= 0.6 is 0 Å². The van der Waals surface area contributed by atoms with E-state index in [1.165, 1.54) is 7.11 Å².